The first-order chi connectivity index (χ1) is 11.8. The van der Waals surface area contributed by atoms with Crippen LogP contribution >= 0.6 is 0 Å². The summed E-state index contributed by atoms with van der Waals surface area (Å²) in [6.45, 7) is 0.143. The fraction of sp³-hybridized carbons (Fsp3) is 0.438. The summed E-state index contributed by atoms with van der Waals surface area (Å²) in [5.41, 5.74) is 0.812. The second-order valence-electron chi connectivity index (χ2n) is 6.28. The van der Waals surface area contributed by atoms with Crippen LogP contribution in [0.5, 0.6) is 0 Å². The maximum atomic E-state index is 12.4. The highest BCUT2D eigenvalue weighted by Crippen LogP contribution is 2.15. The second kappa shape index (κ2) is 6.83. The summed E-state index contributed by atoms with van der Waals surface area (Å²) in [6, 6.07) is 7.20. The molecule has 2 fully saturated rings. The van der Waals surface area contributed by atoms with Crippen molar-refractivity contribution in [1.82, 2.24) is 15.5 Å². The van der Waals surface area contributed by atoms with Crippen molar-refractivity contribution in [2.24, 2.45) is 0 Å². The first-order valence-electron chi connectivity index (χ1n) is 8.00. The van der Waals surface area contributed by atoms with E-state index in [4.69, 9.17) is 0 Å². The van der Waals surface area contributed by atoms with Crippen molar-refractivity contribution in [3.8, 4) is 0 Å². The molecule has 1 unspecified atom stereocenters. The topological polar surface area (TPSA) is 113 Å². The normalized spacial score (nSPS) is 25.0. The summed E-state index contributed by atoms with van der Waals surface area (Å²) in [4.78, 5) is 37.5. The van der Waals surface area contributed by atoms with Gasteiger partial charge >= 0.3 is 6.03 Å². The second-order valence-corrected chi connectivity index (χ2v) is 8.51. The number of urea groups is 1. The maximum absolute atomic E-state index is 12.4. The van der Waals surface area contributed by atoms with Crippen molar-refractivity contribution in [2.45, 2.75) is 31.5 Å². The van der Waals surface area contributed by atoms with E-state index in [1.807, 2.05) is 18.2 Å². The van der Waals surface area contributed by atoms with E-state index in [0.717, 1.165) is 10.5 Å². The minimum atomic E-state index is -3.09. The van der Waals surface area contributed by atoms with Gasteiger partial charge in [0.1, 0.15) is 6.04 Å². The lowest BCUT2D eigenvalue weighted by molar-refractivity contribution is -0.131. The molecule has 9 heteroatoms. The summed E-state index contributed by atoms with van der Waals surface area (Å²) in [7, 11) is -3.09. The molecule has 25 heavy (non-hydrogen) atoms. The molecule has 0 aromatic heterocycles. The summed E-state index contributed by atoms with van der Waals surface area (Å²) in [6.07, 6.45) is 0.172. The third-order valence-electron chi connectivity index (χ3n) is 4.28. The molecule has 2 aliphatic heterocycles. The highest BCUT2D eigenvalue weighted by Gasteiger charge is 2.39. The molecule has 134 valence electrons. The Morgan fingerprint density at radius 3 is 2.60 bits per heavy atom. The van der Waals surface area contributed by atoms with Gasteiger partial charge in [0.15, 0.2) is 9.84 Å². The number of benzene rings is 1. The summed E-state index contributed by atoms with van der Waals surface area (Å²) >= 11 is 0. The van der Waals surface area contributed by atoms with Gasteiger partial charge in [-0.15, -0.1) is 0 Å². The van der Waals surface area contributed by atoms with Gasteiger partial charge in [-0.1, -0.05) is 30.3 Å². The number of hydrogen-bond acceptors (Lipinski definition) is 5. The molecule has 1 aromatic carbocycles. The number of carbonyl (C=O) groups excluding carboxylic acids is 3. The summed E-state index contributed by atoms with van der Waals surface area (Å²) in [5, 5.41) is 5.13. The zero-order chi connectivity index (χ0) is 18.0. The molecule has 0 bridgehead atoms. The zero-order valence-electron chi connectivity index (χ0n) is 13.5. The Morgan fingerprint density at radius 2 is 1.96 bits per heavy atom. The highest BCUT2D eigenvalue weighted by molar-refractivity contribution is 7.91. The Labute approximate surface area is 145 Å². The molecule has 8 nitrogen and oxygen atoms in total. The summed E-state index contributed by atoms with van der Waals surface area (Å²) in [5.74, 6) is -0.920. The van der Waals surface area contributed by atoms with Gasteiger partial charge in [-0.3, -0.25) is 14.5 Å². The third-order valence-corrected chi connectivity index (χ3v) is 6.05. The first-order valence-corrected chi connectivity index (χ1v) is 9.82. The van der Waals surface area contributed by atoms with Crippen molar-refractivity contribution in [1.29, 1.82) is 0 Å². The zero-order valence-corrected chi connectivity index (χ0v) is 14.3. The lowest BCUT2D eigenvalue weighted by Crippen LogP contribution is -2.41. The minimum absolute atomic E-state index is 0.0574. The molecule has 2 atom stereocenters. The van der Waals surface area contributed by atoms with Gasteiger partial charge in [-0.05, 0) is 12.0 Å². The van der Waals surface area contributed by atoms with E-state index in [1.165, 1.54) is 0 Å². The molecule has 0 saturated carbocycles. The molecular weight excluding hydrogens is 346 g/mol. The Kier molecular flexibility index (Phi) is 4.76. The van der Waals surface area contributed by atoms with Gasteiger partial charge < -0.3 is 10.6 Å². The quantitative estimate of drug-likeness (QED) is 0.702. The van der Waals surface area contributed by atoms with Crippen molar-refractivity contribution < 1.29 is 22.8 Å². The van der Waals surface area contributed by atoms with E-state index in [-0.39, 0.29) is 24.5 Å². The number of sulfone groups is 1. The number of rotatable bonds is 5. The average Bonchev–Trinajstić information content (AvgIpc) is 3.02. The van der Waals surface area contributed by atoms with Gasteiger partial charge in [0.05, 0.1) is 24.5 Å². The number of imide groups is 1. The Hall–Kier alpha value is -2.42. The molecule has 2 aliphatic rings. The van der Waals surface area contributed by atoms with E-state index in [1.54, 1.807) is 12.1 Å². The molecule has 1 aromatic rings. The number of nitrogens with zero attached hydrogens (tertiary/aromatic N) is 1. The predicted octanol–water partition coefficient (Wildman–Crippen LogP) is -0.200. The van der Waals surface area contributed by atoms with Gasteiger partial charge in [0.25, 0.3) is 5.91 Å². The van der Waals surface area contributed by atoms with E-state index < -0.39 is 39.8 Å². The standard InChI is InChI=1S/C16H19N3O5S/c20-14(17-12-6-7-25(23,24)10-12)8-13-15(21)19(16(22)18-13)9-11-4-2-1-3-5-11/h1-5,12-13H,6-10H2,(H,17,20)(H,18,22)/t12?,13-/m0/s1. The molecule has 0 spiro atoms. The molecule has 0 aliphatic carbocycles. The maximum Gasteiger partial charge on any atom is 0.325 e. The molecule has 2 heterocycles. The van der Waals surface area contributed by atoms with Crippen LogP contribution in [0.2, 0.25) is 0 Å². The smallest absolute Gasteiger partial charge is 0.325 e. The molecule has 4 amide bonds. The molecule has 0 radical (unpaired) electrons. The van der Waals surface area contributed by atoms with Crippen LogP contribution in [0.15, 0.2) is 30.3 Å². The predicted molar refractivity (Wildman–Crippen MR) is 89.1 cm³/mol. The largest absolute Gasteiger partial charge is 0.352 e. The molecular formula is C16H19N3O5S. The fourth-order valence-electron chi connectivity index (χ4n) is 3.01. The van der Waals surface area contributed by atoms with E-state index in [9.17, 15) is 22.8 Å². The van der Waals surface area contributed by atoms with Crippen LogP contribution in [0.4, 0.5) is 4.79 Å². The van der Waals surface area contributed by atoms with Crippen LogP contribution in [-0.4, -0.2) is 54.8 Å². The van der Waals surface area contributed by atoms with Crippen LogP contribution < -0.4 is 10.6 Å². The SMILES string of the molecule is O=C(C[C@@H]1NC(=O)N(Cc2ccccc2)C1=O)NC1CCS(=O)(=O)C1. The van der Waals surface area contributed by atoms with Gasteiger partial charge in [0, 0.05) is 6.04 Å². The fourth-order valence-corrected chi connectivity index (χ4v) is 4.69. The lowest BCUT2D eigenvalue weighted by atomic mass is 10.1. The van der Waals surface area contributed by atoms with Crippen LogP contribution in [0.1, 0.15) is 18.4 Å². The number of amides is 4. The molecule has 2 N–H and O–H groups in total. The van der Waals surface area contributed by atoms with Crippen LogP contribution in [0, 0.1) is 0 Å². The van der Waals surface area contributed by atoms with Crippen molar-refractivity contribution in [2.75, 3.05) is 11.5 Å². The number of carbonyl (C=O) groups is 3. The van der Waals surface area contributed by atoms with Crippen molar-refractivity contribution >= 4 is 27.7 Å². The lowest BCUT2D eigenvalue weighted by Gasteiger charge is -2.14. The minimum Gasteiger partial charge on any atom is -0.352 e. The van der Waals surface area contributed by atoms with Crippen LogP contribution in [-0.2, 0) is 26.0 Å². The Balaban J connectivity index is 1.56. The Morgan fingerprint density at radius 1 is 1.24 bits per heavy atom. The van der Waals surface area contributed by atoms with Crippen LogP contribution in [0.3, 0.4) is 0 Å². The Bertz CT molecular complexity index is 793. The van der Waals surface area contributed by atoms with E-state index in [0.29, 0.717) is 6.42 Å². The average molecular weight is 365 g/mol. The monoisotopic (exact) mass is 365 g/mol. The first kappa shape index (κ1) is 17.4. The number of hydrogen-bond donors (Lipinski definition) is 2. The van der Waals surface area contributed by atoms with E-state index >= 15 is 0 Å². The van der Waals surface area contributed by atoms with Gasteiger partial charge in [-0.25, -0.2) is 13.2 Å². The van der Waals surface area contributed by atoms with Crippen molar-refractivity contribution in [3.63, 3.8) is 0 Å². The molecule has 3 rings (SSSR count). The highest BCUT2D eigenvalue weighted by atomic mass is 32.2. The van der Waals surface area contributed by atoms with Crippen molar-refractivity contribution in [3.05, 3.63) is 35.9 Å². The number of nitrogens with one attached hydrogen (secondary N) is 2. The summed E-state index contributed by atoms with van der Waals surface area (Å²) < 4.78 is 22.8. The van der Waals surface area contributed by atoms with Gasteiger partial charge in [-0.2, -0.15) is 0 Å². The van der Waals surface area contributed by atoms with Gasteiger partial charge in [0.2, 0.25) is 5.91 Å². The van der Waals surface area contributed by atoms with Crippen LogP contribution in [0.25, 0.3) is 0 Å². The molecule has 2 saturated heterocycles. The third kappa shape index (κ3) is 4.16. The van der Waals surface area contributed by atoms with E-state index in [2.05, 4.69) is 10.6 Å².